The molecule has 0 aromatic heterocycles. The molecular weight excluding hydrogens is 260 g/mol. The molecule has 0 saturated carbocycles. The molecule has 6 heteroatoms. The van der Waals surface area contributed by atoms with Gasteiger partial charge >= 0.3 is 0 Å². The lowest BCUT2D eigenvalue weighted by Gasteiger charge is -2.07. The van der Waals surface area contributed by atoms with Crippen LogP contribution >= 0.6 is 11.6 Å². The highest BCUT2D eigenvalue weighted by Gasteiger charge is 2.04. The van der Waals surface area contributed by atoms with Gasteiger partial charge in [0.05, 0.1) is 17.0 Å². The summed E-state index contributed by atoms with van der Waals surface area (Å²) < 4.78 is 21.8. The molecule has 0 radical (unpaired) electrons. The Morgan fingerprint density at radius 1 is 1.47 bits per heavy atom. The van der Waals surface area contributed by atoms with Crippen molar-refractivity contribution in [3.8, 4) is 6.07 Å². The van der Waals surface area contributed by atoms with Gasteiger partial charge in [0, 0.05) is 17.8 Å². The van der Waals surface area contributed by atoms with Gasteiger partial charge < -0.3 is 5.32 Å². The number of anilines is 1. The highest BCUT2D eigenvalue weighted by atomic mass is 35.5. The molecule has 0 amide bonds. The number of halogens is 1. The number of rotatable bonds is 5. The van der Waals surface area contributed by atoms with Crippen molar-refractivity contribution in [3.63, 3.8) is 0 Å². The van der Waals surface area contributed by atoms with Crippen LogP contribution in [0.4, 0.5) is 5.69 Å². The van der Waals surface area contributed by atoms with Crippen LogP contribution in [0.2, 0.25) is 5.02 Å². The third-order valence-corrected chi connectivity index (χ3v) is 3.37. The average Bonchev–Trinajstić information content (AvgIpc) is 2.24. The summed E-state index contributed by atoms with van der Waals surface area (Å²) >= 11 is 5.76. The van der Waals surface area contributed by atoms with E-state index < -0.39 is 9.84 Å². The molecule has 17 heavy (non-hydrogen) atoms. The van der Waals surface area contributed by atoms with Gasteiger partial charge in [-0.1, -0.05) is 11.6 Å². The van der Waals surface area contributed by atoms with Gasteiger partial charge in [-0.15, -0.1) is 0 Å². The average molecular weight is 273 g/mol. The Balaban J connectivity index is 2.56. The van der Waals surface area contributed by atoms with Crippen molar-refractivity contribution < 1.29 is 8.42 Å². The molecule has 4 nitrogen and oxygen atoms in total. The van der Waals surface area contributed by atoms with E-state index in [1.807, 2.05) is 6.07 Å². The van der Waals surface area contributed by atoms with Crippen LogP contribution in [0.5, 0.6) is 0 Å². The molecule has 0 saturated heterocycles. The predicted octanol–water partition coefficient (Wildman–Crippen LogP) is 2.06. The van der Waals surface area contributed by atoms with E-state index >= 15 is 0 Å². The third kappa shape index (κ3) is 5.07. The SMILES string of the molecule is CS(=O)(=O)CCCNc1ccc(Cl)cc1C#N. The minimum atomic E-state index is -2.93. The summed E-state index contributed by atoms with van der Waals surface area (Å²) in [5, 5.41) is 12.4. The molecule has 0 bridgehead atoms. The zero-order valence-electron chi connectivity index (χ0n) is 9.40. The number of hydrogen-bond donors (Lipinski definition) is 1. The number of nitrogens with zero attached hydrogens (tertiary/aromatic N) is 1. The number of hydrogen-bond acceptors (Lipinski definition) is 4. The highest BCUT2D eigenvalue weighted by molar-refractivity contribution is 7.90. The second-order valence-electron chi connectivity index (χ2n) is 3.71. The van der Waals surface area contributed by atoms with Gasteiger partial charge in [0.1, 0.15) is 15.9 Å². The Morgan fingerprint density at radius 3 is 2.76 bits per heavy atom. The fourth-order valence-electron chi connectivity index (χ4n) is 1.32. The third-order valence-electron chi connectivity index (χ3n) is 2.11. The second-order valence-corrected chi connectivity index (χ2v) is 6.41. The van der Waals surface area contributed by atoms with Gasteiger partial charge in [0.15, 0.2) is 0 Å². The molecule has 1 aromatic rings. The minimum absolute atomic E-state index is 0.134. The van der Waals surface area contributed by atoms with Crippen LogP contribution in [-0.4, -0.2) is 27.0 Å². The van der Waals surface area contributed by atoms with Crippen molar-refractivity contribution in [3.05, 3.63) is 28.8 Å². The predicted molar refractivity (Wildman–Crippen MR) is 69.0 cm³/mol. The van der Waals surface area contributed by atoms with Crippen molar-refractivity contribution >= 4 is 27.1 Å². The first-order valence-corrected chi connectivity index (χ1v) is 7.47. The Hall–Kier alpha value is -1.25. The van der Waals surface area contributed by atoms with E-state index in [2.05, 4.69) is 5.32 Å². The van der Waals surface area contributed by atoms with Crippen molar-refractivity contribution in [1.29, 1.82) is 5.26 Å². The zero-order chi connectivity index (χ0) is 12.9. The zero-order valence-corrected chi connectivity index (χ0v) is 11.0. The lowest BCUT2D eigenvalue weighted by atomic mass is 10.2. The molecule has 92 valence electrons. The van der Waals surface area contributed by atoms with Crippen LogP contribution in [0.1, 0.15) is 12.0 Å². The molecule has 0 atom stereocenters. The number of benzene rings is 1. The molecule has 1 aromatic carbocycles. The quantitative estimate of drug-likeness (QED) is 0.833. The molecule has 1 rings (SSSR count). The van der Waals surface area contributed by atoms with E-state index in [9.17, 15) is 8.42 Å². The van der Waals surface area contributed by atoms with Crippen LogP contribution in [0.3, 0.4) is 0 Å². The lowest BCUT2D eigenvalue weighted by molar-refractivity contribution is 0.600. The number of nitrogens with one attached hydrogen (secondary N) is 1. The number of nitriles is 1. The Kier molecular flexibility index (Phi) is 4.79. The number of sulfone groups is 1. The molecule has 0 spiro atoms. The molecule has 0 aliphatic rings. The first kappa shape index (κ1) is 13.8. The van der Waals surface area contributed by atoms with Crippen LogP contribution in [0, 0.1) is 11.3 Å². The van der Waals surface area contributed by atoms with Crippen LogP contribution < -0.4 is 5.32 Å². The van der Waals surface area contributed by atoms with Gasteiger partial charge in [-0.2, -0.15) is 5.26 Å². The van der Waals surface area contributed by atoms with Crippen molar-refractivity contribution in [2.45, 2.75) is 6.42 Å². The van der Waals surface area contributed by atoms with E-state index in [1.54, 1.807) is 18.2 Å². The molecule has 1 N–H and O–H groups in total. The molecule has 0 heterocycles. The second kappa shape index (κ2) is 5.89. The smallest absolute Gasteiger partial charge is 0.147 e. The van der Waals surface area contributed by atoms with Gasteiger partial charge in [-0.3, -0.25) is 0 Å². The fraction of sp³-hybridized carbons (Fsp3) is 0.364. The molecule has 0 aliphatic carbocycles. The van der Waals surface area contributed by atoms with Crippen LogP contribution in [-0.2, 0) is 9.84 Å². The Labute approximate surface area is 106 Å². The molecular formula is C11H13ClN2O2S. The summed E-state index contributed by atoms with van der Waals surface area (Å²) in [5.41, 5.74) is 1.13. The van der Waals surface area contributed by atoms with Crippen molar-refractivity contribution in [1.82, 2.24) is 0 Å². The van der Waals surface area contributed by atoms with Gasteiger partial charge in [0.25, 0.3) is 0 Å². The van der Waals surface area contributed by atoms with Crippen molar-refractivity contribution in [2.24, 2.45) is 0 Å². The van der Waals surface area contributed by atoms with E-state index in [1.165, 1.54) is 6.26 Å². The summed E-state index contributed by atoms with van der Waals surface area (Å²) in [7, 11) is -2.93. The Bertz CT molecular complexity index is 535. The summed E-state index contributed by atoms with van der Waals surface area (Å²) in [6, 6.07) is 6.99. The van der Waals surface area contributed by atoms with E-state index in [-0.39, 0.29) is 5.75 Å². The summed E-state index contributed by atoms with van der Waals surface area (Å²) in [5.74, 6) is 0.134. The minimum Gasteiger partial charge on any atom is -0.384 e. The largest absolute Gasteiger partial charge is 0.384 e. The molecule has 0 aliphatic heterocycles. The summed E-state index contributed by atoms with van der Waals surface area (Å²) in [6.45, 7) is 0.503. The summed E-state index contributed by atoms with van der Waals surface area (Å²) in [4.78, 5) is 0. The fourth-order valence-corrected chi connectivity index (χ4v) is 2.16. The topological polar surface area (TPSA) is 70.0 Å². The molecule has 0 fully saturated rings. The van der Waals surface area contributed by atoms with Gasteiger partial charge in [0.2, 0.25) is 0 Å². The van der Waals surface area contributed by atoms with Gasteiger partial charge in [-0.25, -0.2) is 8.42 Å². The first-order valence-electron chi connectivity index (χ1n) is 5.03. The van der Waals surface area contributed by atoms with Gasteiger partial charge in [-0.05, 0) is 24.6 Å². The monoisotopic (exact) mass is 272 g/mol. The maximum atomic E-state index is 10.9. The maximum absolute atomic E-state index is 10.9. The first-order chi connectivity index (χ1) is 7.92. The summed E-state index contributed by atoms with van der Waals surface area (Å²) in [6.07, 6.45) is 1.71. The maximum Gasteiger partial charge on any atom is 0.147 e. The normalized spacial score (nSPS) is 10.9. The van der Waals surface area contributed by atoms with Crippen LogP contribution in [0.15, 0.2) is 18.2 Å². The van der Waals surface area contributed by atoms with E-state index in [0.29, 0.717) is 29.2 Å². The Morgan fingerprint density at radius 2 is 2.18 bits per heavy atom. The van der Waals surface area contributed by atoms with Crippen LogP contribution in [0.25, 0.3) is 0 Å². The van der Waals surface area contributed by atoms with E-state index in [0.717, 1.165) is 0 Å². The van der Waals surface area contributed by atoms with Crippen molar-refractivity contribution in [2.75, 3.05) is 23.9 Å². The van der Waals surface area contributed by atoms with E-state index in [4.69, 9.17) is 16.9 Å². The lowest BCUT2D eigenvalue weighted by Crippen LogP contribution is -2.10. The standard InChI is InChI=1S/C11H13ClN2O2S/c1-17(15,16)6-2-5-14-11-4-3-10(12)7-9(11)8-13/h3-4,7,14H,2,5-6H2,1H3. The molecule has 0 unspecified atom stereocenters. The highest BCUT2D eigenvalue weighted by Crippen LogP contribution is 2.19.